The second-order valence-corrected chi connectivity index (χ2v) is 4.72. The topological polar surface area (TPSA) is 68.0 Å². The Hall–Kier alpha value is -2.69. The summed E-state index contributed by atoms with van der Waals surface area (Å²) in [4.78, 5) is 16.1. The van der Waals surface area contributed by atoms with Gasteiger partial charge >= 0.3 is 0 Å². The first-order chi connectivity index (χ1) is 10.3. The van der Waals surface area contributed by atoms with Gasteiger partial charge in [0, 0.05) is 30.2 Å². The summed E-state index contributed by atoms with van der Waals surface area (Å²) >= 11 is 0. The predicted molar refractivity (Wildman–Crippen MR) is 78.7 cm³/mol. The number of rotatable bonds is 5. The van der Waals surface area contributed by atoms with Crippen molar-refractivity contribution in [2.45, 2.75) is 12.8 Å². The minimum Gasteiger partial charge on any atom is -0.356 e. The van der Waals surface area contributed by atoms with Crippen molar-refractivity contribution in [2.24, 2.45) is 0 Å². The minimum atomic E-state index is -0.0648. The van der Waals surface area contributed by atoms with Crippen LogP contribution in [0.1, 0.15) is 11.4 Å². The fraction of sp³-hybridized carbons (Fsp3) is 0.188. The molecule has 1 N–H and O–H groups in total. The van der Waals surface area contributed by atoms with Crippen LogP contribution in [-0.2, 0) is 17.6 Å². The highest BCUT2D eigenvalue weighted by Gasteiger charge is 2.11. The molecule has 0 saturated carbocycles. The van der Waals surface area contributed by atoms with Crippen LogP contribution < -0.4 is 5.32 Å². The van der Waals surface area contributed by atoms with E-state index in [0.717, 1.165) is 11.1 Å². The summed E-state index contributed by atoms with van der Waals surface area (Å²) < 4.78 is 5.18. The highest BCUT2D eigenvalue weighted by atomic mass is 16.5. The monoisotopic (exact) mass is 281 g/mol. The van der Waals surface area contributed by atoms with Crippen molar-refractivity contribution in [2.75, 3.05) is 6.54 Å². The van der Waals surface area contributed by atoms with Crippen LogP contribution in [0.5, 0.6) is 0 Å². The van der Waals surface area contributed by atoms with E-state index in [1.54, 1.807) is 6.20 Å². The van der Waals surface area contributed by atoms with E-state index < -0.39 is 0 Å². The maximum atomic E-state index is 11.9. The van der Waals surface area contributed by atoms with Crippen molar-refractivity contribution in [1.82, 2.24) is 15.5 Å². The summed E-state index contributed by atoms with van der Waals surface area (Å²) in [6, 6.07) is 13.3. The Morgan fingerprint density at radius 3 is 2.86 bits per heavy atom. The van der Waals surface area contributed by atoms with E-state index in [1.165, 1.54) is 0 Å². The number of amides is 1. The third-order valence-corrected chi connectivity index (χ3v) is 3.21. The van der Waals surface area contributed by atoms with Gasteiger partial charge in [0.1, 0.15) is 5.69 Å². The molecule has 0 fully saturated rings. The van der Waals surface area contributed by atoms with Crippen molar-refractivity contribution in [3.63, 3.8) is 0 Å². The first kappa shape index (κ1) is 13.3. The van der Waals surface area contributed by atoms with E-state index in [4.69, 9.17) is 4.52 Å². The molecule has 0 radical (unpaired) electrons. The van der Waals surface area contributed by atoms with Gasteiger partial charge in [-0.2, -0.15) is 0 Å². The Morgan fingerprint density at radius 2 is 2.00 bits per heavy atom. The van der Waals surface area contributed by atoms with Gasteiger partial charge in [0.25, 0.3) is 0 Å². The van der Waals surface area contributed by atoms with Crippen LogP contribution in [0.4, 0.5) is 0 Å². The summed E-state index contributed by atoms with van der Waals surface area (Å²) in [5.41, 5.74) is 2.33. The van der Waals surface area contributed by atoms with Gasteiger partial charge in [0.2, 0.25) is 5.91 Å². The number of para-hydroxylation sites is 1. The molecule has 3 rings (SSSR count). The number of pyridine rings is 1. The van der Waals surface area contributed by atoms with Crippen molar-refractivity contribution < 1.29 is 9.32 Å². The largest absolute Gasteiger partial charge is 0.356 e. The van der Waals surface area contributed by atoms with Crippen molar-refractivity contribution in [3.8, 4) is 0 Å². The molecule has 2 aromatic heterocycles. The molecular formula is C16H15N3O2. The zero-order chi connectivity index (χ0) is 14.5. The summed E-state index contributed by atoms with van der Waals surface area (Å²) in [5, 5.41) is 7.71. The lowest BCUT2D eigenvalue weighted by Crippen LogP contribution is -2.27. The average Bonchev–Trinajstić information content (AvgIpc) is 2.92. The van der Waals surface area contributed by atoms with Crippen molar-refractivity contribution >= 4 is 16.9 Å². The highest BCUT2D eigenvalue weighted by molar-refractivity contribution is 5.86. The lowest BCUT2D eigenvalue weighted by atomic mass is 10.1. The Balaban J connectivity index is 1.55. The highest BCUT2D eigenvalue weighted by Crippen LogP contribution is 2.17. The molecule has 0 aliphatic rings. The molecular weight excluding hydrogens is 266 g/mol. The van der Waals surface area contributed by atoms with Gasteiger partial charge in [0.15, 0.2) is 5.58 Å². The minimum absolute atomic E-state index is 0.0648. The van der Waals surface area contributed by atoms with Crippen LogP contribution in [0, 0.1) is 0 Å². The molecule has 0 unspecified atom stereocenters. The van der Waals surface area contributed by atoms with Crippen LogP contribution in [0.25, 0.3) is 11.0 Å². The Morgan fingerprint density at radius 1 is 1.14 bits per heavy atom. The average molecular weight is 281 g/mol. The predicted octanol–water partition coefficient (Wildman–Crippen LogP) is 2.12. The molecule has 5 heteroatoms. The molecule has 5 nitrogen and oxygen atoms in total. The fourth-order valence-electron chi connectivity index (χ4n) is 2.16. The normalized spacial score (nSPS) is 10.7. The fourth-order valence-corrected chi connectivity index (χ4v) is 2.16. The summed E-state index contributed by atoms with van der Waals surface area (Å²) in [7, 11) is 0. The molecule has 0 saturated heterocycles. The van der Waals surface area contributed by atoms with Gasteiger partial charge in [-0.15, -0.1) is 0 Å². The number of aromatic nitrogens is 2. The SMILES string of the molecule is O=C(Cc1noc2ccccc12)NCCc1ccccn1. The molecule has 3 aromatic rings. The molecule has 0 aliphatic heterocycles. The van der Waals surface area contributed by atoms with E-state index in [2.05, 4.69) is 15.5 Å². The van der Waals surface area contributed by atoms with E-state index in [-0.39, 0.29) is 12.3 Å². The molecule has 0 aliphatic carbocycles. The van der Waals surface area contributed by atoms with Gasteiger partial charge in [0.05, 0.1) is 6.42 Å². The van der Waals surface area contributed by atoms with E-state index in [0.29, 0.717) is 24.2 Å². The first-order valence-electron chi connectivity index (χ1n) is 6.83. The van der Waals surface area contributed by atoms with Crippen LogP contribution in [-0.4, -0.2) is 22.6 Å². The van der Waals surface area contributed by atoms with E-state index >= 15 is 0 Å². The van der Waals surface area contributed by atoms with Gasteiger partial charge in [-0.05, 0) is 24.3 Å². The third kappa shape index (κ3) is 3.25. The quantitative estimate of drug-likeness (QED) is 0.778. The third-order valence-electron chi connectivity index (χ3n) is 3.21. The second kappa shape index (κ2) is 6.17. The second-order valence-electron chi connectivity index (χ2n) is 4.72. The Bertz CT molecular complexity index is 737. The van der Waals surface area contributed by atoms with Gasteiger partial charge in [-0.25, -0.2) is 0 Å². The number of nitrogens with one attached hydrogen (secondary N) is 1. The maximum Gasteiger partial charge on any atom is 0.226 e. The Kier molecular flexibility index (Phi) is 3.91. The lowest BCUT2D eigenvalue weighted by molar-refractivity contribution is -0.120. The number of hydrogen-bond acceptors (Lipinski definition) is 4. The zero-order valence-corrected chi connectivity index (χ0v) is 11.5. The van der Waals surface area contributed by atoms with Crippen LogP contribution in [0.15, 0.2) is 53.2 Å². The lowest BCUT2D eigenvalue weighted by Gasteiger charge is -2.03. The number of carbonyl (C=O) groups excluding carboxylic acids is 1. The van der Waals surface area contributed by atoms with Crippen LogP contribution in [0.3, 0.4) is 0 Å². The standard InChI is InChI=1S/C16H15N3O2/c20-16(18-10-8-12-5-3-4-9-17-12)11-14-13-6-1-2-7-15(13)21-19-14/h1-7,9H,8,10-11H2,(H,18,20). The number of nitrogens with zero attached hydrogens (tertiary/aromatic N) is 2. The summed E-state index contributed by atoms with van der Waals surface area (Å²) in [5.74, 6) is -0.0648. The molecule has 21 heavy (non-hydrogen) atoms. The smallest absolute Gasteiger partial charge is 0.226 e. The number of fused-ring (bicyclic) bond motifs is 1. The van der Waals surface area contributed by atoms with Crippen LogP contribution in [0.2, 0.25) is 0 Å². The number of hydrogen-bond donors (Lipinski definition) is 1. The van der Waals surface area contributed by atoms with Gasteiger partial charge in [-0.1, -0.05) is 23.4 Å². The van der Waals surface area contributed by atoms with Gasteiger partial charge < -0.3 is 9.84 Å². The van der Waals surface area contributed by atoms with Gasteiger partial charge in [-0.3, -0.25) is 9.78 Å². The van der Waals surface area contributed by atoms with E-state index in [1.807, 2.05) is 42.5 Å². The van der Waals surface area contributed by atoms with Crippen LogP contribution >= 0.6 is 0 Å². The molecule has 1 amide bonds. The first-order valence-corrected chi connectivity index (χ1v) is 6.83. The molecule has 0 bridgehead atoms. The molecule has 0 atom stereocenters. The molecule has 2 heterocycles. The van der Waals surface area contributed by atoms with Crippen molar-refractivity contribution in [1.29, 1.82) is 0 Å². The zero-order valence-electron chi connectivity index (χ0n) is 11.5. The molecule has 106 valence electrons. The summed E-state index contributed by atoms with van der Waals surface area (Å²) in [6.45, 7) is 0.561. The number of carbonyl (C=O) groups is 1. The van der Waals surface area contributed by atoms with E-state index in [9.17, 15) is 4.79 Å². The molecule has 1 aromatic carbocycles. The number of benzene rings is 1. The summed E-state index contributed by atoms with van der Waals surface area (Å²) in [6.07, 6.45) is 2.68. The maximum absolute atomic E-state index is 11.9. The Labute approximate surface area is 122 Å². The van der Waals surface area contributed by atoms with Crippen molar-refractivity contribution in [3.05, 3.63) is 60.0 Å². The molecule has 0 spiro atoms.